The number of nitrogens with one attached hydrogen (secondary N) is 3. The van der Waals surface area contributed by atoms with E-state index in [0.717, 1.165) is 12.1 Å². The number of imidazole rings is 1. The van der Waals surface area contributed by atoms with Gasteiger partial charge in [-0.3, -0.25) is 0 Å². The van der Waals surface area contributed by atoms with E-state index in [2.05, 4.69) is 15.0 Å². The molecule has 0 spiro atoms. The molecule has 3 aromatic rings. The fraction of sp³-hybridized carbons (Fsp3) is 0.231. The maximum atomic E-state index is 13.3. The van der Waals surface area contributed by atoms with Crippen LogP contribution in [0.5, 0.6) is 0 Å². The third kappa shape index (κ3) is 3.60. The Kier molecular flexibility index (Phi) is 4.21. The minimum Gasteiger partial charge on any atom is -0.306 e. The van der Waals surface area contributed by atoms with Gasteiger partial charge < -0.3 is 9.97 Å². The SMILES string of the molecule is Cc1csc(C(NS(=O)(=O)c2ccc3[nH]c(=O)[nH]c3c2)C(F)(F)F)n1. The maximum Gasteiger partial charge on any atom is 0.411 e. The molecule has 1 unspecified atom stereocenters. The van der Waals surface area contributed by atoms with Gasteiger partial charge in [0.05, 0.1) is 15.9 Å². The molecule has 12 heteroatoms. The Morgan fingerprint density at radius 1 is 1.24 bits per heavy atom. The van der Waals surface area contributed by atoms with Gasteiger partial charge in [0, 0.05) is 11.1 Å². The molecular weight excluding hydrogens is 381 g/mol. The van der Waals surface area contributed by atoms with Crippen molar-refractivity contribution in [3.8, 4) is 0 Å². The summed E-state index contributed by atoms with van der Waals surface area (Å²) >= 11 is 0.716. The number of rotatable bonds is 4. The summed E-state index contributed by atoms with van der Waals surface area (Å²) in [5.74, 6) is 0. The predicted molar refractivity (Wildman–Crippen MR) is 84.9 cm³/mol. The van der Waals surface area contributed by atoms with Gasteiger partial charge in [0.2, 0.25) is 10.0 Å². The van der Waals surface area contributed by atoms with Crippen molar-refractivity contribution in [2.75, 3.05) is 0 Å². The number of sulfonamides is 1. The molecule has 0 saturated heterocycles. The summed E-state index contributed by atoms with van der Waals surface area (Å²) in [6.45, 7) is 1.51. The maximum absolute atomic E-state index is 13.3. The number of hydrogen-bond acceptors (Lipinski definition) is 5. The van der Waals surface area contributed by atoms with Gasteiger partial charge in [0.1, 0.15) is 5.01 Å². The number of halogens is 3. The third-order valence-corrected chi connectivity index (χ3v) is 5.73. The van der Waals surface area contributed by atoms with Crippen molar-refractivity contribution in [3.63, 3.8) is 0 Å². The van der Waals surface area contributed by atoms with E-state index >= 15 is 0 Å². The Morgan fingerprint density at radius 2 is 1.92 bits per heavy atom. The largest absolute Gasteiger partial charge is 0.411 e. The molecule has 2 heterocycles. The molecule has 2 aromatic heterocycles. The Hall–Kier alpha value is -2.18. The molecule has 0 saturated carbocycles. The van der Waals surface area contributed by atoms with Gasteiger partial charge in [-0.05, 0) is 25.1 Å². The fourth-order valence-corrected chi connectivity index (χ4v) is 4.32. The molecule has 0 radical (unpaired) electrons. The Balaban J connectivity index is 2.00. The van der Waals surface area contributed by atoms with Crippen molar-refractivity contribution in [2.24, 2.45) is 0 Å². The van der Waals surface area contributed by atoms with E-state index in [0.29, 0.717) is 22.5 Å². The molecule has 1 atom stereocenters. The van der Waals surface area contributed by atoms with Crippen molar-refractivity contribution in [1.82, 2.24) is 19.7 Å². The smallest absolute Gasteiger partial charge is 0.306 e. The summed E-state index contributed by atoms with van der Waals surface area (Å²) in [5, 5.41) is 1.00. The monoisotopic (exact) mass is 392 g/mol. The number of aromatic nitrogens is 3. The zero-order valence-corrected chi connectivity index (χ0v) is 14.1. The van der Waals surface area contributed by atoms with E-state index in [4.69, 9.17) is 0 Å². The van der Waals surface area contributed by atoms with Gasteiger partial charge in [0.25, 0.3) is 0 Å². The van der Waals surface area contributed by atoms with Crippen molar-refractivity contribution < 1.29 is 21.6 Å². The lowest BCUT2D eigenvalue weighted by molar-refractivity contribution is -0.153. The number of aryl methyl sites for hydroxylation is 1. The highest BCUT2D eigenvalue weighted by atomic mass is 32.2. The summed E-state index contributed by atoms with van der Waals surface area (Å²) in [5.41, 5.74) is 0.317. The number of alkyl halides is 3. The van der Waals surface area contributed by atoms with Crippen molar-refractivity contribution in [2.45, 2.75) is 24.0 Å². The molecule has 7 nitrogen and oxygen atoms in total. The van der Waals surface area contributed by atoms with Gasteiger partial charge in [-0.25, -0.2) is 18.2 Å². The van der Waals surface area contributed by atoms with Gasteiger partial charge in [-0.1, -0.05) is 0 Å². The molecule has 3 rings (SSSR count). The zero-order chi connectivity index (χ0) is 18.4. The number of hydrogen-bond donors (Lipinski definition) is 3. The van der Waals surface area contributed by atoms with E-state index in [-0.39, 0.29) is 5.52 Å². The van der Waals surface area contributed by atoms with Crippen LogP contribution in [0.3, 0.4) is 0 Å². The number of thiazole rings is 1. The van der Waals surface area contributed by atoms with Gasteiger partial charge in [-0.15, -0.1) is 11.3 Å². The minimum absolute atomic E-state index is 0.168. The summed E-state index contributed by atoms with van der Waals surface area (Å²) in [6, 6.07) is 1.01. The first-order chi connectivity index (χ1) is 11.6. The number of benzene rings is 1. The van der Waals surface area contributed by atoms with Crippen LogP contribution in [0, 0.1) is 6.92 Å². The van der Waals surface area contributed by atoms with Crippen LogP contribution in [0.15, 0.2) is 33.3 Å². The van der Waals surface area contributed by atoms with Crippen molar-refractivity contribution in [3.05, 3.63) is 44.8 Å². The van der Waals surface area contributed by atoms with Crippen LogP contribution in [0.25, 0.3) is 11.0 Å². The Bertz CT molecular complexity index is 1080. The molecular formula is C13H11F3N4O3S2. The minimum atomic E-state index is -4.86. The second-order valence-electron chi connectivity index (χ2n) is 5.21. The molecule has 0 aliphatic heterocycles. The number of fused-ring (bicyclic) bond motifs is 1. The summed E-state index contributed by atoms with van der Waals surface area (Å²) in [7, 11) is -4.50. The van der Waals surface area contributed by atoms with Gasteiger partial charge >= 0.3 is 11.9 Å². The zero-order valence-electron chi connectivity index (χ0n) is 12.5. The van der Waals surface area contributed by atoms with Gasteiger partial charge in [-0.2, -0.15) is 17.9 Å². The van der Waals surface area contributed by atoms with Crippen LogP contribution in [0.4, 0.5) is 13.2 Å². The second-order valence-corrected chi connectivity index (χ2v) is 7.81. The highest BCUT2D eigenvalue weighted by Gasteiger charge is 2.45. The molecule has 25 heavy (non-hydrogen) atoms. The van der Waals surface area contributed by atoms with Crippen molar-refractivity contribution in [1.29, 1.82) is 0 Å². The second kappa shape index (κ2) is 5.97. The van der Waals surface area contributed by atoms with Crippen LogP contribution in [0.2, 0.25) is 0 Å². The van der Waals surface area contributed by atoms with Crippen LogP contribution in [-0.2, 0) is 10.0 Å². The number of aromatic amines is 2. The summed E-state index contributed by atoms with van der Waals surface area (Å²) < 4.78 is 66.3. The van der Waals surface area contributed by atoms with Crippen LogP contribution >= 0.6 is 11.3 Å². The highest BCUT2D eigenvalue weighted by Crippen LogP contribution is 2.35. The highest BCUT2D eigenvalue weighted by molar-refractivity contribution is 7.89. The lowest BCUT2D eigenvalue weighted by atomic mass is 10.3. The summed E-state index contributed by atoms with van der Waals surface area (Å²) in [6.07, 6.45) is -4.86. The van der Waals surface area contributed by atoms with E-state index in [1.54, 1.807) is 4.72 Å². The van der Waals surface area contributed by atoms with Gasteiger partial charge in [0.15, 0.2) is 6.04 Å². The number of nitrogens with zero attached hydrogens (tertiary/aromatic N) is 1. The van der Waals surface area contributed by atoms with E-state index in [1.807, 2.05) is 0 Å². The molecule has 0 bridgehead atoms. The van der Waals surface area contributed by atoms with E-state index in [9.17, 15) is 26.4 Å². The lowest BCUT2D eigenvalue weighted by Gasteiger charge is -2.19. The first-order valence-corrected chi connectivity index (χ1v) is 9.16. The molecule has 0 aliphatic rings. The molecule has 0 fully saturated rings. The lowest BCUT2D eigenvalue weighted by Crippen LogP contribution is -2.38. The third-order valence-electron chi connectivity index (χ3n) is 3.28. The topological polar surface area (TPSA) is 108 Å². The average Bonchev–Trinajstić information content (AvgIpc) is 3.07. The molecule has 0 aliphatic carbocycles. The van der Waals surface area contributed by atoms with E-state index < -0.39 is 37.8 Å². The standard InChI is InChI=1S/C13H11F3N4O3S2/c1-6-5-24-11(17-6)10(13(14,15)16)20-25(22,23)7-2-3-8-9(4-7)19-12(21)18-8/h2-5,10,20H,1H3,(H2,18,19,21). The number of H-pyrrole nitrogens is 2. The average molecular weight is 392 g/mol. The quantitative estimate of drug-likeness (QED) is 0.633. The van der Waals surface area contributed by atoms with Crippen LogP contribution < -0.4 is 10.4 Å². The van der Waals surface area contributed by atoms with E-state index in [1.165, 1.54) is 18.4 Å². The first-order valence-electron chi connectivity index (χ1n) is 6.79. The van der Waals surface area contributed by atoms with Crippen molar-refractivity contribution >= 4 is 32.4 Å². The first kappa shape index (κ1) is 17.6. The normalized spacial score (nSPS) is 14.1. The summed E-state index contributed by atoms with van der Waals surface area (Å²) in [4.78, 5) is 19.3. The van der Waals surface area contributed by atoms with Crippen LogP contribution in [0.1, 0.15) is 16.7 Å². The van der Waals surface area contributed by atoms with Crippen LogP contribution in [-0.4, -0.2) is 29.5 Å². The fourth-order valence-electron chi connectivity index (χ4n) is 2.16. The molecule has 3 N–H and O–H groups in total. The molecule has 1 aromatic carbocycles. The molecule has 0 amide bonds. The predicted octanol–water partition coefficient (Wildman–Crippen LogP) is 2.20. The Morgan fingerprint density at radius 3 is 2.52 bits per heavy atom. The Labute approximate surface area is 143 Å². The molecule has 134 valence electrons.